The molecule has 0 aliphatic rings. The average molecular weight is 231 g/mol. The molecule has 0 aromatic heterocycles. The molecule has 0 amide bonds. The first kappa shape index (κ1) is 12.8. The van der Waals surface area contributed by atoms with Crippen LogP contribution in [0.5, 0.6) is 0 Å². The smallest absolute Gasteiger partial charge is 0.280 e. The first-order chi connectivity index (χ1) is 5.77. The standard InChI is InChI=1S/C5H13NO5S2/c1-2-3-4-6-12(7,8)5-13(9,10)11/h6H,2-5H2,1H3,(H,9,10,11). The number of hydrogen-bond acceptors (Lipinski definition) is 4. The molecule has 0 spiro atoms. The van der Waals surface area contributed by atoms with Crippen molar-refractivity contribution >= 4 is 20.1 Å². The molecular formula is C5H13NO5S2. The quantitative estimate of drug-likeness (QED) is 0.476. The van der Waals surface area contributed by atoms with Gasteiger partial charge in [-0.05, 0) is 6.42 Å². The van der Waals surface area contributed by atoms with Crippen LogP contribution in [0.4, 0.5) is 0 Å². The molecule has 0 saturated carbocycles. The van der Waals surface area contributed by atoms with Gasteiger partial charge in [0.1, 0.15) is 0 Å². The molecule has 0 saturated heterocycles. The number of hydrogen-bond donors (Lipinski definition) is 2. The fourth-order valence-corrected chi connectivity index (χ4v) is 3.00. The maximum absolute atomic E-state index is 10.9. The van der Waals surface area contributed by atoms with Gasteiger partial charge in [0, 0.05) is 6.54 Å². The highest BCUT2D eigenvalue weighted by atomic mass is 32.3. The van der Waals surface area contributed by atoms with Gasteiger partial charge in [-0.2, -0.15) is 8.42 Å². The number of rotatable bonds is 6. The lowest BCUT2D eigenvalue weighted by Gasteiger charge is -2.03. The van der Waals surface area contributed by atoms with Crippen molar-refractivity contribution in [1.82, 2.24) is 4.72 Å². The largest absolute Gasteiger partial charge is 0.285 e. The summed E-state index contributed by atoms with van der Waals surface area (Å²) in [5, 5.41) is -1.27. The summed E-state index contributed by atoms with van der Waals surface area (Å²) in [4.78, 5) is 0. The van der Waals surface area contributed by atoms with E-state index in [4.69, 9.17) is 4.55 Å². The van der Waals surface area contributed by atoms with E-state index in [9.17, 15) is 16.8 Å². The van der Waals surface area contributed by atoms with Gasteiger partial charge in [0.15, 0.2) is 5.08 Å². The first-order valence-electron chi connectivity index (χ1n) is 3.69. The van der Waals surface area contributed by atoms with Crippen LogP contribution in [0.15, 0.2) is 0 Å². The van der Waals surface area contributed by atoms with E-state index in [1.807, 2.05) is 11.6 Å². The van der Waals surface area contributed by atoms with Crippen molar-refractivity contribution < 1.29 is 21.4 Å². The summed E-state index contributed by atoms with van der Waals surface area (Å²) in [6.07, 6.45) is 1.43. The van der Waals surface area contributed by atoms with Crippen molar-refractivity contribution in [3.63, 3.8) is 0 Å². The average Bonchev–Trinajstić information content (AvgIpc) is 1.81. The highest BCUT2D eigenvalue weighted by Gasteiger charge is 2.18. The Morgan fingerprint density at radius 3 is 2.15 bits per heavy atom. The van der Waals surface area contributed by atoms with Gasteiger partial charge in [0.05, 0.1) is 0 Å². The van der Waals surface area contributed by atoms with Crippen molar-refractivity contribution in [3.05, 3.63) is 0 Å². The van der Waals surface area contributed by atoms with Crippen LogP contribution in [0.1, 0.15) is 19.8 Å². The Balaban J connectivity index is 4.12. The lowest BCUT2D eigenvalue weighted by Crippen LogP contribution is -2.30. The summed E-state index contributed by atoms with van der Waals surface area (Å²) in [6, 6.07) is 0. The maximum atomic E-state index is 10.9. The molecule has 0 aliphatic carbocycles. The van der Waals surface area contributed by atoms with E-state index in [1.165, 1.54) is 0 Å². The van der Waals surface area contributed by atoms with Gasteiger partial charge in [0.2, 0.25) is 10.0 Å². The summed E-state index contributed by atoms with van der Waals surface area (Å²) in [6.45, 7) is 2.06. The zero-order valence-corrected chi connectivity index (χ0v) is 8.86. The molecule has 0 fully saturated rings. The minimum absolute atomic E-state index is 0.189. The second-order valence-corrected chi connectivity index (χ2v) is 6.19. The molecule has 0 unspecified atom stereocenters. The number of nitrogens with one attached hydrogen (secondary N) is 1. The Hall–Kier alpha value is -0.180. The van der Waals surface area contributed by atoms with Crippen molar-refractivity contribution in [2.45, 2.75) is 19.8 Å². The monoisotopic (exact) mass is 231 g/mol. The topological polar surface area (TPSA) is 101 Å². The van der Waals surface area contributed by atoms with Crippen LogP contribution in [0.2, 0.25) is 0 Å². The molecule has 8 heteroatoms. The molecule has 13 heavy (non-hydrogen) atoms. The van der Waals surface area contributed by atoms with Crippen LogP contribution in [0, 0.1) is 0 Å². The van der Waals surface area contributed by atoms with Crippen molar-refractivity contribution in [1.29, 1.82) is 0 Å². The maximum Gasteiger partial charge on any atom is 0.280 e. The van der Waals surface area contributed by atoms with Gasteiger partial charge in [-0.15, -0.1) is 0 Å². The summed E-state index contributed by atoms with van der Waals surface area (Å²) in [5.74, 6) is 0. The number of unbranched alkanes of at least 4 members (excludes halogenated alkanes) is 1. The molecule has 2 N–H and O–H groups in total. The van der Waals surface area contributed by atoms with Gasteiger partial charge < -0.3 is 0 Å². The minimum Gasteiger partial charge on any atom is -0.285 e. The normalized spacial score (nSPS) is 13.1. The Kier molecular flexibility index (Phi) is 4.82. The molecule has 0 heterocycles. The SMILES string of the molecule is CCCCNS(=O)(=O)CS(=O)(=O)O. The third-order valence-corrected chi connectivity index (χ3v) is 4.23. The van der Waals surface area contributed by atoms with Crippen LogP contribution in [-0.4, -0.2) is 33.0 Å². The van der Waals surface area contributed by atoms with Crippen LogP contribution in [0.3, 0.4) is 0 Å². The van der Waals surface area contributed by atoms with Crippen LogP contribution in [-0.2, 0) is 20.1 Å². The second-order valence-electron chi connectivity index (χ2n) is 2.56. The highest BCUT2D eigenvalue weighted by molar-refractivity contribution is 8.04. The van der Waals surface area contributed by atoms with E-state index in [-0.39, 0.29) is 6.54 Å². The fourth-order valence-electron chi connectivity index (χ4n) is 0.642. The second kappa shape index (κ2) is 4.89. The predicted octanol–water partition coefficient (Wildman–Crippen LogP) is -0.449. The Morgan fingerprint density at radius 1 is 1.23 bits per heavy atom. The van der Waals surface area contributed by atoms with E-state index in [0.717, 1.165) is 6.42 Å². The summed E-state index contributed by atoms with van der Waals surface area (Å²) in [7, 11) is -8.37. The molecule has 0 aliphatic heterocycles. The van der Waals surface area contributed by atoms with Gasteiger partial charge in [-0.3, -0.25) is 4.55 Å². The minimum atomic E-state index is -4.47. The molecule has 0 aromatic rings. The van der Waals surface area contributed by atoms with E-state index in [0.29, 0.717) is 6.42 Å². The van der Waals surface area contributed by atoms with Gasteiger partial charge in [-0.25, -0.2) is 13.1 Å². The number of sulfonamides is 1. The molecule has 0 atom stereocenters. The predicted molar refractivity (Wildman–Crippen MR) is 48.2 cm³/mol. The van der Waals surface area contributed by atoms with Gasteiger partial charge in [-0.1, -0.05) is 13.3 Å². The fraction of sp³-hybridized carbons (Fsp3) is 1.00. The van der Waals surface area contributed by atoms with Crippen LogP contribution < -0.4 is 4.72 Å². The van der Waals surface area contributed by atoms with Crippen molar-refractivity contribution in [2.75, 3.05) is 11.6 Å². The Morgan fingerprint density at radius 2 is 1.77 bits per heavy atom. The summed E-state index contributed by atoms with van der Waals surface area (Å²) >= 11 is 0. The third kappa shape index (κ3) is 8.16. The zero-order chi connectivity index (χ0) is 10.5. The van der Waals surface area contributed by atoms with Gasteiger partial charge >= 0.3 is 0 Å². The Bertz CT molecular complexity index is 330. The van der Waals surface area contributed by atoms with E-state index in [1.54, 1.807) is 0 Å². The lowest BCUT2D eigenvalue weighted by molar-refractivity contribution is 0.487. The molecular weight excluding hydrogens is 218 g/mol. The molecule has 80 valence electrons. The summed E-state index contributed by atoms with van der Waals surface area (Å²) < 4.78 is 52.5. The zero-order valence-electron chi connectivity index (χ0n) is 7.23. The molecule has 6 nitrogen and oxygen atoms in total. The van der Waals surface area contributed by atoms with Crippen molar-refractivity contribution in [3.8, 4) is 0 Å². The Labute approximate surface area is 78.1 Å². The van der Waals surface area contributed by atoms with E-state index >= 15 is 0 Å². The van der Waals surface area contributed by atoms with E-state index in [2.05, 4.69) is 0 Å². The highest BCUT2D eigenvalue weighted by Crippen LogP contribution is 1.92. The molecule has 0 rings (SSSR count). The summed E-state index contributed by atoms with van der Waals surface area (Å²) in [5.41, 5.74) is 0. The van der Waals surface area contributed by atoms with Crippen LogP contribution >= 0.6 is 0 Å². The van der Waals surface area contributed by atoms with Gasteiger partial charge in [0.25, 0.3) is 10.1 Å². The molecule has 0 aromatic carbocycles. The molecule has 0 bridgehead atoms. The lowest BCUT2D eigenvalue weighted by atomic mass is 10.3. The van der Waals surface area contributed by atoms with Crippen LogP contribution in [0.25, 0.3) is 0 Å². The third-order valence-electron chi connectivity index (χ3n) is 1.16. The first-order valence-corrected chi connectivity index (χ1v) is 6.95. The van der Waals surface area contributed by atoms with Crippen molar-refractivity contribution in [2.24, 2.45) is 0 Å². The molecule has 0 radical (unpaired) electrons. The van der Waals surface area contributed by atoms with E-state index < -0.39 is 25.2 Å².